The summed E-state index contributed by atoms with van der Waals surface area (Å²) in [6.07, 6.45) is 9.99. The van der Waals surface area contributed by atoms with E-state index in [0.717, 1.165) is 32.1 Å². The van der Waals surface area contributed by atoms with Gasteiger partial charge in [-0.05, 0) is 56.4 Å². The van der Waals surface area contributed by atoms with E-state index in [1.54, 1.807) is 0 Å². The Hall–Kier alpha value is -0.250. The molecule has 0 unspecified atom stereocenters. The average Bonchev–Trinajstić information content (AvgIpc) is 2.94. The van der Waals surface area contributed by atoms with Gasteiger partial charge in [-0.25, -0.2) is 0 Å². The Morgan fingerprint density at radius 2 is 1.90 bits per heavy atom. The summed E-state index contributed by atoms with van der Waals surface area (Å²) < 4.78 is 5.71. The largest absolute Gasteiger partial charge is 0.451 e. The molecule has 4 aliphatic rings. The van der Waals surface area contributed by atoms with Crippen LogP contribution in [0.2, 0.25) is 0 Å². The van der Waals surface area contributed by atoms with Gasteiger partial charge in [0.25, 0.3) is 0 Å². The maximum atomic E-state index is 13.4. The highest BCUT2D eigenvalue weighted by Crippen LogP contribution is 2.66. The third kappa shape index (κ3) is 3.12. The number of ketones is 2. The van der Waals surface area contributed by atoms with Crippen LogP contribution < -0.4 is 0 Å². The Bertz CT molecular complexity index is 844. The lowest BCUT2D eigenvalue weighted by atomic mass is 9.50. The zero-order valence-corrected chi connectivity index (χ0v) is 21.5. The van der Waals surface area contributed by atoms with Gasteiger partial charge in [0, 0.05) is 24.2 Å². The SMILES string of the molecule is CC(=O)O[C@]1(C(=O)C(I)I)CC[C@H]2[C@@H]3CCC4=CC(=O)CC[C@]4(C)C3=CC[C@@]21C. The molecule has 5 atom stereocenters. The molecule has 4 aliphatic carbocycles. The highest BCUT2D eigenvalue weighted by molar-refractivity contribution is 14.2. The summed E-state index contributed by atoms with van der Waals surface area (Å²) in [6, 6.07) is 0. The summed E-state index contributed by atoms with van der Waals surface area (Å²) in [6.45, 7) is 5.90. The second-order valence-electron chi connectivity index (χ2n) is 9.62. The first kappa shape index (κ1) is 22.0. The Morgan fingerprint density at radius 1 is 1.17 bits per heavy atom. The van der Waals surface area contributed by atoms with E-state index in [9.17, 15) is 14.4 Å². The van der Waals surface area contributed by atoms with Gasteiger partial charge in [0.1, 0.15) is 1.93 Å². The molecule has 2 saturated carbocycles. The molecule has 0 bridgehead atoms. The molecule has 0 aromatic carbocycles. The molecule has 0 aromatic rings. The van der Waals surface area contributed by atoms with Gasteiger partial charge in [0.2, 0.25) is 0 Å². The van der Waals surface area contributed by atoms with Crippen LogP contribution in [0.25, 0.3) is 0 Å². The Balaban J connectivity index is 1.78. The third-order valence-electron chi connectivity index (χ3n) is 8.37. The van der Waals surface area contributed by atoms with Gasteiger partial charge in [0.15, 0.2) is 17.2 Å². The topological polar surface area (TPSA) is 60.4 Å². The normalized spacial score (nSPS) is 41.1. The minimum Gasteiger partial charge on any atom is -0.451 e. The summed E-state index contributed by atoms with van der Waals surface area (Å²) in [5.41, 5.74) is 1.33. The van der Waals surface area contributed by atoms with E-state index in [-0.39, 0.29) is 30.3 Å². The fourth-order valence-corrected chi connectivity index (χ4v) is 7.90. The molecule has 0 spiro atoms. The first-order chi connectivity index (χ1) is 13.5. The first-order valence-electron chi connectivity index (χ1n) is 10.5. The van der Waals surface area contributed by atoms with Crippen molar-refractivity contribution in [3.05, 3.63) is 23.3 Å². The van der Waals surface area contributed by atoms with E-state index >= 15 is 0 Å². The molecular formula is C23H28I2O4. The monoisotopic (exact) mass is 622 g/mol. The summed E-state index contributed by atoms with van der Waals surface area (Å²) in [5.74, 6) is 0.661. The van der Waals surface area contributed by atoms with Crippen molar-refractivity contribution >= 4 is 62.7 Å². The molecule has 0 N–H and O–H groups in total. The molecule has 0 saturated heterocycles. The van der Waals surface area contributed by atoms with Gasteiger partial charge in [-0.15, -0.1) is 0 Å². The summed E-state index contributed by atoms with van der Waals surface area (Å²) in [5, 5.41) is 0. The number of alkyl halides is 2. The molecule has 29 heavy (non-hydrogen) atoms. The number of rotatable bonds is 3. The van der Waals surface area contributed by atoms with E-state index in [4.69, 9.17) is 4.74 Å². The van der Waals surface area contributed by atoms with Crippen molar-refractivity contribution in [3.8, 4) is 0 Å². The number of carbonyl (C=O) groups excluding carboxylic acids is 3. The smallest absolute Gasteiger partial charge is 0.303 e. The lowest BCUT2D eigenvalue weighted by Gasteiger charge is -2.55. The average molecular weight is 622 g/mol. The maximum absolute atomic E-state index is 13.4. The van der Waals surface area contributed by atoms with Crippen LogP contribution in [0.15, 0.2) is 23.3 Å². The van der Waals surface area contributed by atoms with Crippen molar-refractivity contribution in [1.82, 2.24) is 0 Å². The molecule has 0 aromatic heterocycles. The number of ether oxygens (including phenoxy) is 1. The van der Waals surface area contributed by atoms with Gasteiger partial charge >= 0.3 is 5.97 Å². The molecule has 0 radical (unpaired) electrons. The van der Waals surface area contributed by atoms with Gasteiger partial charge in [-0.2, -0.15) is 0 Å². The van der Waals surface area contributed by atoms with Crippen LogP contribution >= 0.6 is 45.2 Å². The van der Waals surface area contributed by atoms with Gasteiger partial charge in [-0.3, -0.25) is 14.4 Å². The van der Waals surface area contributed by atoms with Gasteiger partial charge in [-0.1, -0.05) is 76.3 Å². The summed E-state index contributed by atoms with van der Waals surface area (Å²) in [7, 11) is 0. The zero-order valence-electron chi connectivity index (χ0n) is 17.2. The van der Waals surface area contributed by atoms with Crippen molar-refractivity contribution in [2.75, 3.05) is 0 Å². The van der Waals surface area contributed by atoms with Crippen LogP contribution in [0.1, 0.15) is 65.7 Å². The third-order valence-corrected chi connectivity index (χ3v) is 9.50. The number of esters is 1. The lowest BCUT2D eigenvalue weighted by Crippen LogP contribution is -2.58. The lowest BCUT2D eigenvalue weighted by molar-refractivity contribution is -0.180. The minimum atomic E-state index is -1.03. The van der Waals surface area contributed by atoms with E-state index in [1.807, 2.05) is 6.08 Å². The second-order valence-corrected chi connectivity index (χ2v) is 14.5. The van der Waals surface area contributed by atoms with Crippen LogP contribution in [0.3, 0.4) is 0 Å². The molecule has 0 amide bonds. The molecule has 6 heteroatoms. The molecule has 4 nitrogen and oxygen atoms in total. The van der Waals surface area contributed by atoms with Crippen molar-refractivity contribution in [1.29, 1.82) is 0 Å². The molecule has 0 heterocycles. The van der Waals surface area contributed by atoms with Crippen LogP contribution in [-0.2, 0) is 19.1 Å². The van der Waals surface area contributed by atoms with E-state index < -0.39 is 5.60 Å². The maximum Gasteiger partial charge on any atom is 0.303 e. The minimum absolute atomic E-state index is 0.0239. The predicted molar refractivity (Wildman–Crippen MR) is 128 cm³/mol. The molecule has 2 fully saturated rings. The number of hydrogen-bond donors (Lipinski definition) is 0. The summed E-state index contributed by atoms with van der Waals surface area (Å²) in [4.78, 5) is 37.5. The number of fused-ring (bicyclic) bond motifs is 5. The fraction of sp³-hybridized carbons (Fsp3) is 0.696. The number of halogens is 2. The number of hydrogen-bond acceptors (Lipinski definition) is 4. The van der Waals surface area contributed by atoms with Gasteiger partial charge < -0.3 is 4.74 Å². The molecule has 158 valence electrons. The van der Waals surface area contributed by atoms with Crippen molar-refractivity contribution in [2.24, 2.45) is 22.7 Å². The number of Topliss-reactive ketones (excluding diaryl/α,β-unsaturated/α-hetero) is 1. The molecule has 4 rings (SSSR count). The second kappa shape index (κ2) is 7.41. The standard InChI is InChI=1S/C23H28I2O4/c1-13(26)29-23(19(28)20(24)25)11-8-18-16-5-4-14-12-15(27)6-9-21(14,2)17(16)7-10-22(18,23)3/h7,12,16,18,20H,4-6,8-11H2,1-3H3/t16-,18+,21+,22+,23+/m1/s1. The van der Waals surface area contributed by atoms with Crippen molar-refractivity contribution in [2.45, 2.75) is 73.2 Å². The van der Waals surface area contributed by atoms with Crippen LogP contribution in [0.5, 0.6) is 0 Å². The first-order valence-corrected chi connectivity index (χ1v) is 13.0. The van der Waals surface area contributed by atoms with E-state index in [1.165, 1.54) is 18.1 Å². The van der Waals surface area contributed by atoms with Crippen molar-refractivity contribution < 1.29 is 19.1 Å². The predicted octanol–water partition coefficient (Wildman–Crippen LogP) is 5.51. The molecular weight excluding hydrogens is 594 g/mol. The number of carbonyl (C=O) groups is 3. The fourth-order valence-electron chi connectivity index (χ4n) is 6.90. The van der Waals surface area contributed by atoms with E-state index in [2.05, 4.69) is 65.1 Å². The number of allylic oxidation sites excluding steroid dienone is 4. The Labute approximate surface area is 199 Å². The highest BCUT2D eigenvalue weighted by atomic mass is 127. The quantitative estimate of drug-likeness (QED) is 0.181. The van der Waals surface area contributed by atoms with Crippen molar-refractivity contribution in [3.63, 3.8) is 0 Å². The zero-order chi connectivity index (χ0) is 21.2. The molecule has 0 aliphatic heterocycles. The van der Waals surface area contributed by atoms with Crippen LogP contribution in [0, 0.1) is 22.7 Å². The Morgan fingerprint density at radius 3 is 2.55 bits per heavy atom. The van der Waals surface area contributed by atoms with Crippen LogP contribution in [-0.4, -0.2) is 25.1 Å². The Kier molecular flexibility index (Phi) is 5.62. The highest BCUT2D eigenvalue weighted by Gasteiger charge is 2.67. The van der Waals surface area contributed by atoms with E-state index in [0.29, 0.717) is 24.7 Å². The summed E-state index contributed by atoms with van der Waals surface area (Å²) >= 11 is 4.28. The van der Waals surface area contributed by atoms with Gasteiger partial charge in [0.05, 0.1) is 0 Å². The van der Waals surface area contributed by atoms with Crippen LogP contribution in [0.4, 0.5) is 0 Å².